The summed E-state index contributed by atoms with van der Waals surface area (Å²) < 4.78 is 1.92. The molecule has 1 fully saturated rings. The van der Waals surface area contributed by atoms with Crippen molar-refractivity contribution in [1.82, 2.24) is 30.5 Å². The Morgan fingerprint density at radius 3 is 2.46 bits per heavy atom. The SMILES string of the molecule is Cc1c(C(=O)NC(C)C(C)(C)CN(C)C)nnn1C1CCNCC1.Cl.Cl. The Hall–Kier alpha value is -0.890. The zero-order valence-corrected chi connectivity index (χ0v) is 18.3. The van der Waals surface area contributed by atoms with Gasteiger partial charge in [-0.1, -0.05) is 19.1 Å². The minimum Gasteiger partial charge on any atom is -0.348 e. The lowest BCUT2D eigenvalue weighted by atomic mass is 9.85. The van der Waals surface area contributed by atoms with Crippen molar-refractivity contribution in [2.24, 2.45) is 5.41 Å². The number of nitrogens with zero attached hydrogens (tertiary/aromatic N) is 4. The summed E-state index contributed by atoms with van der Waals surface area (Å²) in [5.41, 5.74) is 1.27. The minimum absolute atomic E-state index is 0. The van der Waals surface area contributed by atoms with Gasteiger partial charge < -0.3 is 15.5 Å². The maximum atomic E-state index is 12.7. The number of halogens is 2. The Kier molecular flexibility index (Phi) is 10.1. The van der Waals surface area contributed by atoms with Gasteiger partial charge in [-0.15, -0.1) is 29.9 Å². The minimum atomic E-state index is -0.132. The summed E-state index contributed by atoms with van der Waals surface area (Å²) in [6.07, 6.45) is 2.05. The molecule has 1 aliphatic rings. The van der Waals surface area contributed by atoms with Gasteiger partial charge in [-0.3, -0.25) is 4.79 Å². The molecule has 0 aliphatic carbocycles. The quantitative estimate of drug-likeness (QED) is 0.753. The van der Waals surface area contributed by atoms with Crippen molar-refractivity contribution in [3.63, 3.8) is 0 Å². The van der Waals surface area contributed by atoms with Crippen LogP contribution in [0.3, 0.4) is 0 Å². The molecule has 0 radical (unpaired) electrons. The summed E-state index contributed by atoms with van der Waals surface area (Å²) in [7, 11) is 4.09. The Labute approximate surface area is 169 Å². The van der Waals surface area contributed by atoms with E-state index in [0.29, 0.717) is 11.7 Å². The van der Waals surface area contributed by atoms with Crippen LogP contribution >= 0.6 is 24.8 Å². The van der Waals surface area contributed by atoms with E-state index in [0.717, 1.165) is 38.2 Å². The molecule has 1 aliphatic heterocycles. The maximum Gasteiger partial charge on any atom is 0.273 e. The standard InChI is InChI=1S/C17H32N6O.2ClH/c1-12-15(20-21-23(12)14-7-9-18-10-8-14)16(24)19-13(2)17(3,4)11-22(5)6;;/h13-14,18H,7-11H2,1-6H3,(H,19,24);2*1H. The fourth-order valence-electron chi connectivity index (χ4n) is 3.36. The van der Waals surface area contributed by atoms with Crippen LogP contribution in [0.2, 0.25) is 0 Å². The van der Waals surface area contributed by atoms with Crippen LogP contribution in [-0.4, -0.2) is 65.6 Å². The van der Waals surface area contributed by atoms with E-state index >= 15 is 0 Å². The molecule has 152 valence electrons. The maximum absolute atomic E-state index is 12.7. The van der Waals surface area contributed by atoms with Gasteiger partial charge in [0.25, 0.3) is 5.91 Å². The highest BCUT2D eigenvalue weighted by molar-refractivity contribution is 5.93. The van der Waals surface area contributed by atoms with Gasteiger partial charge in [-0.2, -0.15) is 0 Å². The van der Waals surface area contributed by atoms with E-state index in [4.69, 9.17) is 0 Å². The number of hydrogen-bond donors (Lipinski definition) is 2. The monoisotopic (exact) mass is 408 g/mol. The number of nitrogens with one attached hydrogen (secondary N) is 2. The molecule has 2 heterocycles. The lowest BCUT2D eigenvalue weighted by Gasteiger charge is -2.34. The molecule has 26 heavy (non-hydrogen) atoms. The van der Waals surface area contributed by atoms with Gasteiger partial charge in [-0.05, 0) is 59.3 Å². The molecular weight excluding hydrogens is 375 g/mol. The zero-order valence-electron chi connectivity index (χ0n) is 16.7. The first-order chi connectivity index (χ1) is 11.2. The molecule has 1 aromatic heterocycles. The Balaban J connectivity index is 0.00000312. The van der Waals surface area contributed by atoms with Gasteiger partial charge in [0, 0.05) is 12.6 Å². The first-order valence-corrected chi connectivity index (χ1v) is 8.80. The van der Waals surface area contributed by atoms with E-state index in [1.807, 2.05) is 32.6 Å². The van der Waals surface area contributed by atoms with Crippen molar-refractivity contribution >= 4 is 30.7 Å². The number of rotatable bonds is 6. The third-order valence-corrected chi connectivity index (χ3v) is 5.04. The predicted molar refractivity (Wildman–Crippen MR) is 110 cm³/mol. The van der Waals surface area contributed by atoms with Crippen LogP contribution in [0.15, 0.2) is 0 Å². The van der Waals surface area contributed by atoms with E-state index in [9.17, 15) is 4.79 Å². The third-order valence-electron chi connectivity index (χ3n) is 5.04. The molecule has 1 aromatic rings. The number of aromatic nitrogens is 3. The topological polar surface area (TPSA) is 75.1 Å². The van der Waals surface area contributed by atoms with Crippen molar-refractivity contribution in [3.05, 3.63) is 11.4 Å². The molecule has 1 unspecified atom stereocenters. The van der Waals surface area contributed by atoms with Crippen molar-refractivity contribution in [2.45, 2.75) is 52.6 Å². The number of hydrogen-bond acceptors (Lipinski definition) is 5. The highest BCUT2D eigenvalue weighted by Crippen LogP contribution is 2.23. The molecule has 2 rings (SSSR count). The number of carbonyl (C=O) groups is 1. The van der Waals surface area contributed by atoms with Crippen LogP contribution in [0.25, 0.3) is 0 Å². The average molecular weight is 409 g/mol. The highest BCUT2D eigenvalue weighted by Gasteiger charge is 2.30. The highest BCUT2D eigenvalue weighted by atomic mass is 35.5. The largest absolute Gasteiger partial charge is 0.348 e. The van der Waals surface area contributed by atoms with E-state index in [1.165, 1.54) is 0 Å². The van der Waals surface area contributed by atoms with E-state index in [-0.39, 0.29) is 42.2 Å². The summed E-state index contributed by atoms with van der Waals surface area (Å²) in [5.74, 6) is -0.132. The van der Waals surface area contributed by atoms with Crippen LogP contribution in [0, 0.1) is 12.3 Å². The Bertz CT molecular complexity index is 570. The fraction of sp³-hybridized carbons (Fsp3) is 0.824. The van der Waals surface area contributed by atoms with Crippen LogP contribution in [0.1, 0.15) is 55.8 Å². The van der Waals surface area contributed by atoms with Crippen molar-refractivity contribution in [1.29, 1.82) is 0 Å². The van der Waals surface area contributed by atoms with E-state index in [2.05, 4.69) is 39.7 Å². The van der Waals surface area contributed by atoms with Crippen LogP contribution < -0.4 is 10.6 Å². The normalized spacial score (nSPS) is 16.6. The van der Waals surface area contributed by atoms with Crippen molar-refractivity contribution in [2.75, 3.05) is 33.7 Å². The van der Waals surface area contributed by atoms with Crippen LogP contribution in [0.4, 0.5) is 0 Å². The predicted octanol–water partition coefficient (Wildman–Crippen LogP) is 2.06. The van der Waals surface area contributed by atoms with Gasteiger partial charge in [0.05, 0.1) is 11.7 Å². The Morgan fingerprint density at radius 1 is 1.35 bits per heavy atom. The number of piperidine rings is 1. The van der Waals surface area contributed by atoms with Gasteiger partial charge in [0.1, 0.15) is 0 Å². The molecule has 2 N–H and O–H groups in total. The average Bonchev–Trinajstić information content (AvgIpc) is 2.88. The molecular formula is C17H34Cl2N6O. The second-order valence-electron chi connectivity index (χ2n) is 7.87. The second kappa shape index (κ2) is 10.4. The molecule has 0 spiro atoms. The first kappa shape index (κ1) is 25.1. The van der Waals surface area contributed by atoms with Gasteiger partial charge in [-0.25, -0.2) is 4.68 Å². The molecule has 0 saturated carbocycles. The first-order valence-electron chi connectivity index (χ1n) is 8.80. The third kappa shape index (κ3) is 6.08. The van der Waals surface area contributed by atoms with E-state index < -0.39 is 0 Å². The van der Waals surface area contributed by atoms with Crippen LogP contribution in [0.5, 0.6) is 0 Å². The summed E-state index contributed by atoms with van der Waals surface area (Å²) in [6.45, 7) is 11.2. The molecule has 7 nitrogen and oxygen atoms in total. The van der Waals surface area contributed by atoms with Gasteiger partial charge >= 0.3 is 0 Å². The molecule has 1 atom stereocenters. The molecule has 9 heteroatoms. The lowest BCUT2D eigenvalue weighted by Crippen LogP contribution is -2.47. The summed E-state index contributed by atoms with van der Waals surface area (Å²) >= 11 is 0. The Morgan fingerprint density at radius 2 is 1.92 bits per heavy atom. The summed E-state index contributed by atoms with van der Waals surface area (Å²) in [6, 6.07) is 0.374. The lowest BCUT2D eigenvalue weighted by molar-refractivity contribution is 0.0880. The summed E-state index contributed by atoms with van der Waals surface area (Å²) in [5, 5.41) is 14.9. The number of amides is 1. The second-order valence-corrected chi connectivity index (χ2v) is 7.87. The molecule has 0 aromatic carbocycles. The van der Waals surface area contributed by atoms with Gasteiger partial charge in [0.2, 0.25) is 0 Å². The van der Waals surface area contributed by atoms with Crippen molar-refractivity contribution < 1.29 is 4.79 Å². The number of carbonyl (C=O) groups excluding carboxylic acids is 1. The van der Waals surface area contributed by atoms with Crippen molar-refractivity contribution in [3.8, 4) is 0 Å². The molecule has 0 bridgehead atoms. The zero-order chi connectivity index (χ0) is 17.9. The van der Waals surface area contributed by atoms with Crippen LogP contribution in [-0.2, 0) is 0 Å². The fourth-order valence-corrected chi connectivity index (χ4v) is 3.36. The smallest absolute Gasteiger partial charge is 0.273 e. The van der Waals surface area contributed by atoms with Gasteiger partial charge in [0.15, 0.2) is 5.69 Å². The van der Waals surface area contributed by atoms with E-state index in [1.54, 1.807) is 0 Å². The molecule has 1 amide bonds. The molecule has 1 saturated heterocycles. The summed E-state index contributed by atoms with van der Waals surface area (Å²) in [4.78, 5) is 14.8.